The fraction of sp³-hybridized carbons (Fsp3) is 0.263. The predicted octanol–water partition coefficient (Wildman–Crippen LogP) is 2.38. The molecule has 0 saturated carbocycles. The van der Waals surface area contributed by atoms with Crippen molar-refractivity contribution in [3.63, 3.8) is 0 Å². The topological polar surface area (TPSA) is 66.3 Å². The van der Waals surface area contributed by atoms with Gasteiger partial charge in [0.15, 0.2) is 0 Å². The highest BCUT2D eigenvalue weighted by atomic mass is 16.4. The minimum absolute atomic E-state index is 0.0262. The fourth-order valence-electron chi connectivity index (χ4n) is 2.89. The van der Waals surface area contributed by atoms with Gasteiger partial charge >= 0.3 is 0 Å². The molecule has 4 heteroatoms. The number of H-pyrrole nitrogens is 1. The van der Waals surface area contributed by atoms with Crippen LogP contribution in [0.4, 0.5) is 5.69 Å². The number of aliphatic carboxylic acids is 1. The van der Waals surface area contributed by atoms with Gasteiger partial charge in [0.1, 0.15) is 0 Å². The zero-order chi connectivity index (χ0) is 16.4. The number of hydrogen-bond acceptors (Lipinski definition) is 3. The number of fused-ring (bicyclic) bond motifs is 2. The molecular formula is C19H20N2O2. The Labute approximate surface area is 135 Å². The van der Waals surface area contributed by atoms with Gasteiger partial charge in [0.05, 0.1) is 28.5 Å². The molecule has 3 aromatic rings. The normalized spacial score (nSPS) is 13.8. The lowest BCUT2D eigenvalue weighted by Crippen LogP contribution is -2.45. The van der Waals surface area contributed by atoms with Gasteiger partial charge in [-0.05, 0) is 18.1 Å². The summed E-state index contributed by atoms with van der Waals surface area (Å²) in [5.74, 6) is -1.10. The maximum absolute atomic E-state index is 11.6. The summed E-state index contributed by atoms with van der Waals surface area (Å²) in [7, 11) is 0. The highest BCUT2D eigenvalue weighted by molar-refractivity contribution is 6.05. The molecule has 2 aromatic carbocycles. The highest BCUT2D eigenvalue weighted by Crippen LogP contribution is 2.30. The monoisotopic (exact) mass is 308 g/mol. The van der Waals surface area contributed by atoms with E-state index in [1.54, 1.807) is 0 Å². The smallest absolute Gasteiger partial charge is 0.213 e. The van der Waals surface area contributed by atoms with Crippen LogP contribution in [0, 0.1) is 5.92 Å². The number of carboxylic acids is 1. The van der Waals surface area contributed by atoms with Crippen LogP contribution in [0.25, 0.3) is 21.8 Å². The lowest BCUT2D eigenvalue weighted by molar-refractivity contribution is -0.310. The van der Waals surface area contributed by atoms with E-state index in [0.29, 0.717) is 0 Å². The number of pyridine rings is 1. The second-order valence-electron chi connectivity index (χ2n) is 5.92. The average molecular weight is 308 g/mol. The van der Waals surface area contributed by atoms with Crippen molar-refractivity contribution in [2.24, 2.45) is 5.92 Å². The number of carboxylic acid groups (broad SMARTS) is 1. The number of nitrogens with one attached hydrogen (secondary N) is 2. The zero-order valence-corrected chi connectivity index (χ0v) is 13.3. The van der Waals surface area contributed by atoms with Gasteiger partial charge in [0.2, 0.25) is 11.0 Å². The standard InChI is InChI=1S/C19H20N2O2/c1-3-12(2)17(19(22)23)21-18-13-8-4-6-10-15(13)20-16-11-7-5-9-14(16)18/h4-12,17H,3H2,1-2H3,(H,20,21)(H,22,23)/t12-,17+/m0/s1. The Balaban J connectivity index is 2.22. The lowest BCUT2D eigenvalue weighted by atomic mass is 9.98. The first-order chi connectivity index (χ1) is 11.1. The molecule has 0 radical (unpaired) electrons. The second kappa shape index (κ2) is 6.24. The molecule has 0 saturated heterocycles. The molecule has 0 unspecified atom stereocenters. The van der Waals surface area contributed by atoms with E-state index < -0.39 is 12.0 Å². The Bertz CT molecular complexity index is 806. The molecule has 0 amide bonds. The molecule has 0 fully saturated rings. The van der Waals surface area contributed by atoms with Crippen LogP contribution in [0.3, 0.4) is 0 Å². The van der Waals surface area contributed by atoms with Crippen LogP contribution < -0.4 is 15.4 Å². The molecule has 3 rings (SSSR count). The van der Waals surface area contributed by atoms with Crippen molar-refractivity contribution < 1.29 is 14.9 Å². The summed E-state index contributed by atoms with van der Waals surface area (Å²) in [4.78, 5) is 15.0. The number of rotatable bonds is 5. The third kappa shape index (κ3) is 2.84. The Morgan fingerprint density at radius 3 is 2.09 bits per heavy atom. The van der Waals surface area contributed by atoms with Crippen molar-refractivity contribution >= 4 is 33.5 Å². The summed E-state index contributed by atoms with van der Waals surface area (Å²) in [6.07, 6.45) is 0.764. The second-order valence-corrected chi connectivity index (χ2v) is 5.92. The van der Waals surface area contributed by atoms with E-state index in [1.165, 1.54) is 0 Å². The SMILES string of the molecule is CC[C@H](C)[C@@H](Nc1c2ccccc2[nH+]c2ccccc12)C(=O)[O-]. The number of para-hydroxylation sites is 2. The van der Waals surface area contributed by atoms with Crippen molar-refractivity contribution in [1.82, 2.24) is 0 Å². The number of carbonyl (C=O) groups is 1. The van der Waals surface area contributed by atoms with Gasteiger partial charge in [0, 0.05) is 12.1 Å². The minimum Gasteiger partial charge on any atom is -0.548 e. The number of aromatic amines is 1. The molecule has 2 atom stereocenters. The van der Waals surface area contributed by atoms with Crippen LogP contribution in [0.1, 0.15) is 20.3 Å². The van der Waals surface area contributed by atoms with E-state index >= 15 is 0 Å². The van der Waals surface area contributed by atoms with Gasteiger partial charge in [-0.25, -0.2) is 4.98 Å². The quantitative estimate of drug-likeness (QED) is 0.736. The van der Waals surface area contributed by atoms with Crippen molar-refractivity contribution in [3.05, 3.63) is 48.5 Å². The van der Waals surface area contributed by atoms with Gasteiger partial charge in [0.25, 0.3) is 0 Å². The van der Waals surface area contributed by atoms with E-state index in [1.807, 2.05) is 62.4 Å². The average Bonchev–Trinajstić information content (AvgIpc) is 2.57. The Hall–Kier alpha value is -2.62. The van der Waals surface area contributed by atoms with Crippen LogP contribution in [-0.2, 0) is 4.79 Å². The summed E-state index contributed by atoms with van der Waals surface area (Å²) in [6, 6.07) is 15.1. The molecule has 118 valence electrons. The third-order valence-corrected chi connectivity index (χ3v) is 4.43. The Morgan fingerprint density at radius 1 is 1.09 bits per heavy atom. The van der Waals surface area contributed by atoms with E-state index in [0.717, 1.165) is 33.9 Å². The van der Waals surface area contributed by atoms with Crippen molar-refractivity contribution in [1.29, 1.82) is 0 Å². The van der Waals surface area contributed by atoms with Crippen LogP contribution in [0.15, 0.2) is 48.5 Å². The van der Waals surface area contributed by atoms with Crippen LogP contribution in [0.5, 0.6) is 0 Å². The van der Waals surface area contributed by atoms with E-state index in [2.05, 4.69) is 10.3 Å². The highest BCUT2D eigenvalue weighted by Gasteiger charge is 2.21. The molecule has 23 heavy (non-hydrogen) atoms. The van der Waals surface area contributed by atoms with Crippen molar-refractivity contribution in [2.75, 3.05) is 5.32 Å². The molecule has 2 N–H and O–H groups in total. The summed E-state index contributed by atoms with van der Waals surface area (Å²) in [6.45, 7) is 3.91. The number of aromatic nitrogens is 1. The van der Waals surface area contributed by atoms with Gasteiger partial charge in [-0.15, -0.1) is 0 Å². The minimum atomic E-state index is -1.07. The number of anilines is 1. The lowest BCUT2D eigenvalue weighted by Gasteiger charge is -2.27. The summed E-state index contributed by atoms with van der Waals surface area (Å²) < 4.78 is 0. The van der Waals surface area contributed by atoms with Gasteiger partial charge in [-0.2, -0.15) is 0 Å². The summed E-state index contributed by atoms with van der Waals surface area (Å²) >= 11 is 0. The first-order valence-corrected chi connectivity index (χ1v) is 7.92. The molecule has 4 nitrogen and oxygen atoms in total. The third-order valence-electron chi connectivity index (χ3n) is 4.43. The Morgan fingerprint density at radius 2 is 1.61 bits per heavy atom. The number of benzene rings is 2. The maximum Gasteiger partial charge on any atom is 0.213 e. The van der Waals surface area contributed by atoms with Crippen molar-refractivity contribution in [3.8, 4) is 0 Å². The van der Waals surface area contributed by atoms with Crippen molar-refractivity contribution in [2.45, 2.75) is 26.3 Å². The molecule has 0 spiro atoms. The Kier molecular flexibility index (Phi) is 4.15. The molecule has 0 aliphatic rings. The molecule has 1 heterocycles. The van der Waals surface area contributed by atoms with Gasteiger partial charge < -0.3 is 15.2 Å². The maximum atomic E-state index is 11.6. The first kappa shape index (κ1) is 15.3. The first-order valence-electron chi connectivity index (χ1n) is 7.92. The molecule has 1 aromatic heterocycles. The number of hydrogen-bond donors (Lipinski definition) is 1. The molecule has 0 aliphatic carbocycles. The van der Waals surface area contributed by atoms with E-state index in [9.17, 15) is 9.90 Å². The molecule has 0 aliphatic heterocycles. The van der Waals surface area contributed by atoms with Crippen LogP contribution >= 0.6 is 0 Å². The molecule has 0 bridgehead atoms. The van der Waals surface area contributed by atoms with E-state index in [4.69, 9.17) is 0 Å². The largest absolute Gasteiger partial charge is 0.548 e. The summed E-state index contributed by atoms with van der Waals surface area (Å²) in [5.41, 5.74) is 2.77. The molecular weight excluding hydrogens is 288 g/mol. The van der Waals surface area contributed by atoms with Gasteiger partial charge in [-0.1, -0.05) is 44.5 Å². The zero-order valence-electron chi connectivity index (χ0n) is 13.3. The van der Waals surface area contributed by atoms with Crippen LogP contribution in [0.2, 0.25) is 0 Å². The predicted molar refractivity (Wildman–Crippen MR) is 89.9 cm³/mol. The number of carbonyl (C=O) groups excluding carboxylic acids is 1. The fourth-order valence-corrected chi connectivity index (χ4v) is 2.89. The van der Waals surface area contributed by atoms with Gasteiger partial charge in [-0.3, -0.25) is 0 Å². The van der Waals surface area contributed by atoms with Crippen LogP contribution in [-0.4, -0.2) is 12.0 Å². The summed E-state index contributed by atoms with van der Waals surface area (Å²) in [5, 5.41) is 16.8. The van der Waals surface area contributed by atoms with E-state index in [-0.39, 0.29) is 5.92 Å².